The van der Waals surface area contributed by atoms with Gasteiger partial charge in [-0.2, -0.15) is 0 Å². The fourth-order valence-electron chi connectivity index (χ4n) is 0.984. The van der Waals surface area contributed by atoms with Crippen molar-refractivity contribution >= 4 is 33.2 Å². The van der Waals surface area contributed by atoms with Gasteiger partial charge in [0, 0.05) is 9.51 Å². The first kappa shape index (κ1) is 11.5. The van der Waals surface area contributed by atoms with Gasteiger partial charge in [-0.15, -0.1) is 0 Å². The van der Waals surface area contributed by atoms with Gasteiger partial charge in [0.15, 0.2) is 0 Å². The number of rotatable bonds is 3. The second-order valence-electron chi connectivity index (χ2n) is 2.95. The monoisotopic (exact) mass is 277 g/mol. The van der Waals surface area contributed by atoms with Crippen molar-refractivity contribution in [3.8, 4) is 0 Å². The molecule has 0 atom stereocenters. The number of hydrogen-bond donors (Lipinski definition) is 1. The normalized spacial score (nSPS) is 10.0. The molecule has 1 nitrogen and oxygen atoms in total. The van der Waals surface area contributed by atoms with Crippen LogP contribution in [0.1, 0.15) is 5.56 Å². The van der Waals surface area contributed by atoms with E-state index in [0.29, 0.717) is 17.3 Å². The summed E-state index contributed by atoms with van der Waals surface area (Å²) in [6.07, 6.45) is 0. The molecule has 0 heterocycles. The van der Waals surface area contributed by atoms with E-state index in [4.69, 9.17) is 11.6 Å². The van der Waals surface area contributed by atoms with Crippen molar-refractivity contribution in [3.63, 3.8) is 0 Å². The molecule has 1 rings (SSSR count). The van der Waals surface area contributed by atoms with Crippen molar-refractivity contribution in [1.82, 2.24) is 0 Å². The fourth-order valence-corrected chi connectivity index (χ4v) is 1.37. The zero-order chi connectivity index (χ0) is 10.7. The minimum atomic E-state index is -0.305. The van der Waals surface area contributed by atoms with E-state index in [9.17, 15) is 4.39 Å². The molecule has 0 amide bonds. The maximum Gasteiger partial charge on any atom is 0.147 e. The van der Waals surface area contributed by atoms with Crippen molar-refractivity contribution in [2.24, 2.45) is 0 Å². The van der Waals surface area contributed by atoms with Gasteiger partial charge in [0.2, 0.25) is 0 Å². The summed E-state index contributed by atoms with van der Waals surface area (Å²) in [7, 11) is 0. The van der Waals surface area contributed by atoms with Gasteiger partial charge in [0.1, 0.15) is 5.82 Å². The number of anilines is 1. The molecule has 1 N–H and O–H groups in total. The predicted molar refractivity (Wildman–Crippen MR) is 62.3 cm³/mol. The Balaban J connectivity index is 2.87. The number of benzene rings is 1. The van der Waals surface area contributed by atoms with Gasteiger partial charge in [-0.1, -0.05) is 34.1 Å². The number of aryl methyl sites for hydroxylation is 1. The molecule has 0 aliphatic rings. The van der Waals surface area contributed by atoms with Gasteiger partial charge in [-0.25, -0.2) is 4.39 Å². The van der Waals surface area contributed by atoms with Crippen LogP contribution in [-0.4, -0.2) is 6.54 Å². The third kappa shape index (κ3) is 3.00. The molecule has 1 aromatic rings. The van der Waals surface area contributed by atoms with E-state index < -0.39 is 0 Å². The van der Waals surface area contributed by atoms with Gasteiger partial charge in [-0.3, -0.25) is 0 Å². The first-order valence-corrected chi connectivity index (χ1v) is 5.20. The summed E-state index contributed by atoms with van der Waals surface area (Å²) in [5.74, 6) is -0.305. The third-order valence-electron chi connectivity index (χ3n) is 1.72. The quantitative estimate of drug-likeness (QED) is 0.879. The van der Waals surface area contributed by atoms with Crippen LogP contribution in [0.3, 0.4) is 0 Å². The van der Waals surface area contributed by atoms with Crippen LogP contribution >= 0.6 is 27.5 Å². The maximum absolute atomic E-state index is 13.3. The standard InChI is InChI=1S/C10H10BrClFN/c1-6-3-10(14-5-7(2)12)9(13)4-8(6)11/h3-4,14H,2,5H2,1H3. The van der Waals surface area contributed by atoms with Gasteiger partial charge in [-0.05, 0) is 24.6 Å². The average molecular weight is 279 g/mol. The molecular weight excluding hydrogens is 268 g/mol. The first-order chi connectivity index (χ1) is 6.50. The number of halogens is 3. The van der Waals surface area contributed by atoms with Crippen molar-refractivity contribution in [2.75, 3.05) is 11.9 Å². The minimum Gasteiger partial charge on any atom is -0.378 e. The zero-order valence-electron chi connectivity index (χ0n) is 7.70. The molecule has 0 bridgehead atoms. The molecule has 0 unspecified atom stereocenters. The summed E-state index contributed by atoms with van der Waals surface area (Å²) in [5, 5.41) is 3.30. The first-order valence-electron chi connectivity index (χ1n) is 4.03. The highest BCUT2D eigenvalue weighted by molar-refractivity contribution is 9.10. The Labute approximate surface area is 96.1 Å². The molecule has 0 aliphatic carbocycles. The largest absolute Gasteiger partial charge is 0.378 e. The van der Waals surface area contributed by atoms with Crippen LogP contribution in [0.25, 0.3) is 0 Å². The van der Waals surface area contributed by atoms with Crippen molar-refractivity contribution in [3.05, 3.63) is 39.6 Å². The second-order valence-corrected chi connectivity index (χ2v) is 4.34. The van der Waals surface area contributed by atoms with Crippen molar-refractivity contribution in [1.29, 1.82) is 0 Å². The molecule has 0 aliphatic heterocycles. The van der Waals surface area contributed by atoms with Gasteiger partial charge < -0.3 is 5.32 Å². The van der Waals surface area contributed by atoms with E-state index in [-0.39, 0.29) is 5.82 Å². The highest BCUT2D eigenvalue weighted by Gasteiger charge is 2.05. The Hall–Kier alpha value is -0.540. The molecule has 0 saturated carbocycles. The van der Waals surface area contributed by atoms with Crippen LogP contribution in [0.15, 0.2) is 28.2 Å². The molecule has 0 spiro atoms. The van der Waals surface area contributed by atoms with Gasteiger partial charge in [0.25, 0.3) is 0 Å². The summed E-state index contributed by atoms with van der Waals surface area (Å²) in [5.41, 5.74) is 1.40. The molecule has 0 fully saturated rings. The average Bonchev–Trinajstić information content (AvgIpc) is 2.09. The fraction of sp³-hybridized carbons (Fsp3) is 0.200. The highest BCUT2D eigenvalue weighted by atomic mass is 79.9. The molecule has 0 radical (unpaired) electrons. The van der Waals surface area contributed by atoms with Crippen molar-refractivity contribution in [2.45, 2.75) is 6.92 Å². The Kier molecular flexibility index (Phi) is 3.96. The Bertz CT molecular complexity index is 365. The molecule has 1 aromatic carbocycles. The van der Waals surface area contributed by atoms with E-state index in [0.717, 1.165) is 10.0 Å². The Morgan fingerprint density at radius 3 is 2.86 bits per heavy atom. The smallest absolute Gasteiger partial charge is 0.147 e. The zero-order valence-corrected chi connectivity index (χ0v) is 10.0. The van der Waals surface area contributed by atoms with E-state index >= 15 is 0 Å². The predicted octanol–water partition coefficient (Wildman–Crippen LogP) is 4.06. The number of nitrogens with one attached hydrogen (secondary N) is 1. The lowest BCUT2D eigenvalue weighted by Gasteiger charge is -2.08. The molecule has 76 valence electrons. The molecular formula is C10H10BrClFN. The van der Waals surface area contributed by atoms with E-state index in [2.05, 4.69) is 27.8 Å². The van der Waals surface area contributed by atoms with Crippen LogP contribution < -0.4 is 5.32 Å². The Morgan fingerprint density at radius 1 is 1.64 bits per heavy atom. The lowest BCUT2D eigenvalue weighted by atomic mass is 10.2. The number of hydrogen-bond acceptors (Lipinski definition) is 1. The SMILES string of the molecule is C=C(Cl)CNc1cc(C)c(Br)cc1F. The summed E-state index contributed by atoms with van der Waals surface area (Å²) < 4.78 is 14.1. The molecule has 14 heavy (non-hydrogen) atoms. The van der Waals surface area contributed by atoms with Crippen LogP contribution in [-0.2, 0) is 0 Å². The van der Waals surface area contributed by atoms with E-state index in [1.807, 2.05) is 6.92 Å². The van der Waals surface area contributed by atoms with Gasteiger partial charge in [0.05, 0.1) is 12.2 Å². The minimum absolute atomic E-state index is 0.305. The van der Waals surface area contributed by atoms with Crippen LogP contribution in [0.2, 0.25) is 0 Å². The van der Waals surface area contributed by atoms with Crippen LogP contribution in [0, 0.1) is 12.7 Å². The third-order valence-corrected chi connectivity index (χ3v) is 2.71. The topological polar surface area (TPSA) is 12.0 Å². The van der Waals surface area contributed by atoms with Gasteiger partial charge >= 0.3 is 0 Å². The van der Waals surface area contributed by atoms with Crippen molar-refractivity contribution < 1.29 is 4.39 Å². The summed E-state index contributed by atoms with van der Waals surface area (Å²) in [6, 6.07) is 3.15. The lowest BCUT2D eigenvalue weighted by molar-refractivity contribution is 0.629. The maximum atomic E-state index is 13.3. The van der Waals surface area contributed by atoms with Crippen LogP contribution in [0.4, 0.5) is 10.1 Å². The van der Waals surface area contributed by atoms with Crippen LogP contribution in [0.5, 0.6) is 0 Å². The lowest BCUT2D eigenvalue weighted by Crippen LogP contribution is -2.03. The van der Waals surface area contributed by atoms with E-state index in [1.54, 1.807) is 6.07 Å². The summed E-state index contributed by atoms with van der Waals surface area (Å²) in [6.45, 7) is 5.76. The molecule has 4 heteroatoms. The molecule has 0 aromatic heterocycles. The molecule has 0 saturated heterocycles. The second kappa shape index (κ2) is 4.80. The Morgan fingerprint density at radius 2 is 2.29 bits per heavy atom. The highest BCUT2D eigenvalue weighted by Crippen LogP contribution is 2.24. The van der Waals surface area contributed by atoms with E-state index in [1.165, 1.54) is 6.07 Å². The summed E-state index contributed by atoms with van der Waals surface area (Å²) in [4.78, 5) is 0. The summed E-state index contributed by atoms with van der Waals surface area (Å²) >= 11 is 8.81.